The van der Waals surface area contributed by atoms with Gasteiger partial charge in [0.25, 0.3) is 0 Å². The number of phosphoric acid groups is 1. The van der Waals surface area contributed by atoms with Gasteiger partial charge in [-0.1, -0.05) is 141 Å². The number of phosphoric ester groups is 1. The molecule has 0 aromatic rings. The highest BCUT2D eigenvalue weighted by Crippen LogP contribution is 2.43. The molecule has 51 heavy (non-hydrogen) atoms. The van der Waals surface area contributed by atoms with Gasteiger partial charge >= 0.3 is 13.8 Å². The smallest absolute Gasteiger partial charge is 0.465 e. The van der Waals surface area contributed by atoms with Crippen LogP contribution in [0.2, 0.25) is 0 Å². The van der Waals surface area contributed by atoms with Crippen LogP contribution in [0.1, 0.15) is 200 Å². The Kier molecular flexibility index (Phi) is 37.4. The van der Waals surface area contributed by atoms with Gasteiger partial charge in [-0.25, -0.2) is 4.57 Å². The van der Waals surface area contributed by atoms with Crippen LogP contribution in [0, 0.1) is 5.92 Å². The van der Waals surface area contributed by atoms with Crippen molar-refractivity contribution in [2.24, 2.45) is 11.7 Å². The van der Waals surface area contributed by atoms with E-state index in [4.69, 9.17) is 19.5 Å². The van der Waals surface area contributed by atoms with Crippen molar-refractivity contribution in [3.63, 3.8) is 0 Å². The summed E-state index contributed by atoms with van der Waals surface area (Å²) in [6.45, 7) is 4.23. The molecule has 0 rings (SSSR count). The number of carbonyl (C=O) groups excluding carboxylic acids is 2. The molecule has 0 radical (unpaired) electrons. The minimum absolute atomic E-state index is 0.0289. The Morgan fingerprint density at radius 3 is 1.45 bits per heavy atom. The molecule has 0 aromatic heterocycles. The number of ether oxygens (including phenoxy) is 1. The normalized spacial score (nSPS) is 13.6. The van der Waals surface area contributed by atoms with Gasteiger partial charge in [-0.3, -0.25) is 18.6 Å². The summed E-state index contributed by atoms with van der Waals surface area (Å²) in [7, 11) is -4.29. The Balaban J connectivity index is 4.20. The van der Waals surface area contributed by atoms with Gasteiger partial charge < -0.3 is 15.4 Å². The van der Waals surface area contributed by atoms with E-state index in [-0.39, 0.29) is 44.5 Å². The van der Waals surface area contributed by atoms with Gasteiger partial charge in [0.1, 0.15) is 5.78 Å². The fourth-order valence-electron chi connectivity index (χ4n) is 6.01. The van der Waals surface area contributed by atoms with Gasteiger partial charge in [-0.15, -0.1) is 0 Å². The summed E-state index contributed by atoms with van der Waals surface area (Å²) in [4.78, 5) is 35.1. The van der Waals surface area contributed by atoms with Crippen molar-refractivity contribution in [1.29, 1.82) is 0 Å². The SMILES string of the molecule is CCCCCCCC/C=C\CCCCCCCC(=O)C[C@H](COC(=O)CCCCCCC/C=C\CCCCCCCC)COP(=O)(O)OCCN. The number of esters is 1. The number of hydrogen-bond donors (Lipinski definition) is 2. The van der Waals surface area contributed by atoms with Crippen LogP contribution >= 0.6 is 7.82 Å². The lowest BCUT2D eigenvalue weighted by atomic mass is 10.00. The molecule has 9 heteroatoms. The summed E-state index contributed by atoms with van der Waals surface area (Å²) in [5, 5.41) is 0. The first-order valence-corrected chi connectivity index (χ1v) is 22.6. The molecule has 0 heterocycles. The van der Waals surface area contributed by atoms with E-state index in [9.17, 15) is 19.0 Å². The standard InChI is InChI=1S/C42H80NO7P/c1-3-5-7-9-11-13-15-17-19-21-23-25-27-29-31-33-41(44)37-40(39-50-51(46,47)49-36-35-43)38-48-42(45)34-32-30-28-26-24-22-20-18-16-14-12-10-8-6-4-2/h17-20,40H,3-16,21-39,43H2,1-2H3,(H,46,47)/b19-17-,20-18-/t40-/m1/s1. The molecule has 8 nitrogen and oxygen atoms in total. The maximum Gasteiger partial charge on any atom is 0.472 e. The molecule has 0 aromatic carbocycles. The summed E-state index contributed by atoms with van der Waals surface area (Å²) in [5.41, 5.74) is 5.36. The number of allylic oxidation sites excluding steroid dienone is 4. The number of Topliss-reactive ketones (excluding diaryl/α,β-unsaturated/α-hetero) is 1. The average molecular weight is 742 g/mol. The minimum atomic E-state index is -4.29. The average Bonchev–Trinajstić information content (AvgIpc) is 3.11. The largest absolute Gasteiger partial charge is 0.472 e. The first-order valence-electron chi connectivity index (χ1n) is 21.1. The molecule has 0 bridgehead atoms. The van der Waals surface area contributed by atoms with Crippen LogP contribution in [0.25, 0.3) is 0 Å². The van der Waals surface area contributed by atoms with E-state index in [1.54, 1.807) is 0 Å². The minimum Gasteiger partial charge on any atom is -0.465 e. The van der Waals surface area contributed by atoms with Crippen LogP contribution in [-0.2, 0) is 27.9 Å². The van der Waals surface area contributed by atoms with E-state index in [1.165, 1.54) is 103 Å². The summed E-state index contributed by atoms with van der Waals surface area (Å²) in [6.07, 6.45) is 41.2. The molecule has 0 aliphatic carbocycles. The molecule has 0 amide bonds. The second-order valence-electron chi connectivity index (χ2n) is 14.3. The Morgan fingerprint density at radius 1 is 0.588 bits per heavy atom. The molecular weight excluding hydrogens is 661 g/mol. The number of nitrogens with two attached hydrogens (primary N) is 1. The van der Waals surface area contributed by atoms with E-state index in [0.717, 1.165) is 64.2 Å². The molecule has 0 fully saturated rings. The lowest BCUT2D eigenvalue weighted by Crippen LogP contribution is -2.22. The molecule has 2 atom stereocenters. The monoisotopic (exact) mass is 742 g/mol. The van der Waals surface area contributed by atoms with Gasteiger partial charge in [-0.05, 0) is 64.2 Å². The quantitative estimate of drug-likeness (QED) is 0.0275. The van der Waals surface area contributed by atoms with Crippen LogP contribution in [0.3, 0.4) is 0 Å². The molecule has 300 valence electrons. The Bertz CT molecular complexity index is 894. The van der Waals surface area contributed by atoms with Crippen molar-refractivity contribution in [1.82, 2.24) is 0 Å². The second kappa shape index (κ2) is 38.4. The maximum absolute atomic E-state index is 12.8. The summed E-state index contributed by atoms with van der Waals surface area (Å²) >= 11 is 0. The summed E-state index contributed by atoms with van der Waals surface area (Å²) < 4.78 is 27.6. The van der Waals surface area contributed by atoms with E-state index in [2.05, 4.69) is 38.2 Å². The Labute approximate surface area is 314 Å². The second-order valence-corrected chi connectivity index (χ2v) is 15.8. The predicted octanol–water partition coefficient (Wildman–Crippen LogP) is 12.3. The summed E-state index contributed by atoms with van der Waals surface area (Å²) in [6, 6.07) is 0. The van der Waals surface area contributed by atoms with Gasteiger partial charge in [0.05, 0.1) is 19.8 Å². The van der Waals surface area contributed by atoms with Gasteiger partial charge in [0, 0.05) is 31.7 Å². The Morgan fingerprint density at radius 2 is 1.00 bits per heavy atom. The van der Waals surface area contributed by atoms with E-state index < -0.39 is 13.7 Å². The molecule has 0 saturated carbocycles. The van der Waals surface area contributed by atoms with Gasteiger partial charge in [0.2, 0.25) is 0 Å². The van der Waals surface area contributed by atoms with Crippen LogP contribution < -0.4 is 5.73 Å². The molecule has 3 N–H and O–H groups in total. The number of unbranched alkanes of at least 4 members (excludes halogenated alkanes) is 22. The number of rotatable bonds is 40. The molecule has 0 saturated heterocycles. The number of ketones is 1. The zero-order valence-corrected chi connectivity index (χ0v) is 34.0. The highest BCUT2D eigenvalue weighted by Gasteiger charge is 2.25. The maximum atomic E-state index is 12.8. The van der Waals surface area contributed by atoms with Crippen molar-refractivity contribution in [2.45, 2.75) is 200 Å². The van der Waals surface area contributed by atoms with Crippen molar-refractivity contribution >= 4 is 19.6 Å². The van der Waals surface area contributed by atoms with E-state index in [1.807, 2.05) is 0 Å². The van der Waals surface area contributed by atoms with Crippen LogP contribution in [0.15, 0.2) is 24.3 Å². The topological polar surface area (TPSA) is 125 Å². The zero-order valence-electron chi connectivity index (χ0n) is 33.1. The molecule has 0 aliphatic heterocycles. The van der Waals surface area contributed by atoms with Crippen molar-refractivity contribution < 1.29 is 32.8 Å². The van der Waals surface area contributed by atoms with Gasteiger partial charge in [0.15, 0.2) is 0 Å². The van der Waals surface area contributed by atoms with Crippen LogP contribution in [0.4, 0.5) is 0 Å². The van der Waals surface area contributed by atoms with Crippen LogP contribution in [-0.4, -0.2) is 43.0 Å². The Hall–Kier alpha value is -1.31. The fourth-order valence-corrected chi connectivity index (χ4v) is 6.82. The van der Waals surface area contributed by atoms with Crippen molar-refractivity contribution in [3.05, 3.63) is 24.3 Å². The zero-order chi connectivity index (χ0) is 37.5. The van der Waals surface area contributed by atoms with Crippen molar-refractivity contribution in [3.8, 4) is 0 Å². The predicted molar refractivity (Wildman–Crippen MR) is 214 cm³/mol. The fraction of sp³-hybridized carbons (Fsp3) is 0.857. The highest BCUT2D eigenvalue weighted by molar-refractivity contribution is 7.47. The third-order valence-corrected chi connectivity index (χ3v) is 10.2. The lowest BCUT2D eigenvalue weighted by molar-refractivity contribution is -0.146. The molecular formula is C42H80NO7P. The molecule has 1 unspecified atom stereocenters. The lowest BCUT2D eigenvalue weighted by Gasteiger charge is -2.19. The summed E-state index contributed by atoms with van der Waals surface area (Å²) in [5.74, 6) is -0.778. The third-order valence-electron chi connectivity index (χ3n) is 9.20. The van der Waals surface area contributed by atoms with Gasteiger partial charge in [-0.2, -0.15) is 0 Å². The first-order chi connectivity index (χ1) is 24.8. The highest BCUT2D eigenvalue weighted by atomic mass is 31.2. The number of carbonyl (C=O) groups is 2. The van der Waals surface area contributed by atoms with Crippen LogP contribution in [0.5, 0.6) is 0 Å². The molecule has 0 aliphatic rings. The van der Waals surface area contributed by atoms with E-state index in [0.29, 0.717) is 12.8 Å². The number of hydrogen-bond acceptors (Lipinski definition) is 7. The van der Waals surface area contributed by atoms with E-state index >= 15 is 0 Å². The third kappa shape index (κ3) is 38.2. The molecule has 0 spiro atoms. The first kappa shape index (κ1) is 49.7. The van der Waals surface area contributed by atoms with Crippen molar-refractivity contribution in [2.75, 3.05) is 26.4 Å².